The Balaban J connectivity index is 2.50. The molecule has 0 aliphatic heterocycles. The zero-order chi connectivity index (χ0) is 11.7. The number of aromatic nitrogens is 1. The highest BCUT2D eigenvalue weighted by Crippen LogP contribution is 2.33. The Hall–Kier alpha value is -1.33. The molecular weight excluding hydrogens is 297 g/mol. The molecule has 0 amide bonds. The van der Waals surface area contributed by atoms with Crippen molar-refractivity contribution in [2.24, 2.45) is 0 Å². The van der Waals surface area contributed by atoms with Gasteiger partial charge in [0.2, 0.25) is 5.76 Å². The molecule has 1 heterocycles. The van der Waals surface area contributed by atoms with Gasteiger partial charge in [0.1, 0.15) is 5.69 Å². The highest BCUT2D eigenvalue weighted by Gasteiger charge is 2.14. The van der Waals surface area contributed by atoms with Gasteiger partial charge in [-0.3, -0.25) is 0 Å². The van der Waals surface area contributed by atoms with Gasteiger partial charge in [0.05, 0.1) is 5.02 Å². The molecule has 2 rings (SSSR count). The lowest BCUT2D eigenvalue weighted by Crippen LogP contribution is -1.91. The van der Waals surface area contributed by atoms with Crippen LogP contribution in [0.3, 0.4) is 0 Å². The number of carboxylic acid groups (broad SMARTS) is 1. The average molecular weight is 303 g/mol. The second-order valence-electron chi connectivity index (χ2n) is 2.98. The van der Waals surface area contributed by atoms with Gasteiger partial charge in [0, 0.05) is 16.1 Å². The van der Waals surface area contributed by atoms with Gasteiger partial charge < -0.3 is 9.63 Å². The highest BCUT2D eigenvalue weighted by molar-refractivity contribution is 9.10. The fourth-order valence-corrected chi connectivity index (χ4v) is 1.85. The fourth-order valence-electron chi connectivity index (χ4n) is 1.20. The Labute approximate surface area is 104 Å². The summed E-state index contributed by atoms with van der Waals surface area (Å²) < 4.78 is 5.32. The van der Waals surface area contributed by atoms with Gasteiger partial charge in [-0.1, -0.05) is 28.9 Å². The summed E-state index contributed by atoms with van der Waals surface area (Å²) in [4.78, 5) is 10.6. The number of halogens is 2. The van der Waals surface area contributed by atoms with Crippen molar-refractivity contribution < 1.29 is 14.4 Å². The first-order valence-electron chi connectivity index (χ1n) is 4.24. The summed E-state index contributed by atoms with van der Waals surface area (Å²) in [6.07, 6.45) is 0. The average Bonchev–Trinajstić information content (AvgIpc) is 2.71. The van der Waals surface area contributed by atoms with Crippen LogP contribution in [0.1, 0.15) is 10.6 Å². The lowest BCUT2D eigenvalue weighted by Gasteiger charge is -2.00. The Morgan fingerprint density at radius 3 is 2.88 bits per heavy atom. The maximum absolute atomic E-state index is 10.6. The topological polar surface area (TPSA) is 63.3 Å². The molecule has 16 heavy (non-hydrogen) atoms. The van der Waals surface area contributed by atoms with Crippen molar-refractivity contribution in [3.63, 3.8) is 0 Å². The Kier molecular flexibility index (Phi) is 2.98. The van der Waals surface area contributed by atoms with E-state index in [1.54, 1.807) is 18.2 Å². The minimum absolute atomic E-state index is 0.207. The first-order chi connectivity index (χ1) is 7.59. The monoisotopic (exact) mass is 301 g/mol. The molecule has 6 heteroatoms. The molecule has 0 aliphatic carbocycles. The molecule has 0 saturated heterocycles. The van der Waals surface area contributed by atoms with Crippen molar-refractivity contribution in [1.82, 2.24) is 5.16 Å². The highest BCUT2D eigenvalue weighted by atomic mass is 79.9. The van der Waals surface area contributed by atoms with Gasteiger partial charge in [0.15, 0.2) is 0 Å². The van der Waals surface area contributed by atoms with Crippen LogP contribution in [0.15, 0.2) is 33.3 Å². The van der Waals surface area contributed by atoms with Crippen molar-refractivity contribution >= 4 is 33.5 Å². The first kappa shape index (κ1) is 11.2. The van der Waals surface area contributed by atoms with E-state index in [-0.39, 0.29) is 5.76 Å². The maximum Gasteiger partial charge on any atom is 0.374 e. The molecular formula is C10H5BrClNO3. The molecule has 1 N–H and O–H groups in total. The quantitative estimate of drug-likeness (QED) is 0.923. The predicted molar refractivity (Wildman–Crippen MR) is 61.6 cm³/mol. The summed E-state index contributed by atoms with van der Waals surface area (Å²) in [7, 11) is 0. The molecule has 0 bridgehead atoms. The van der Waals surface area contributed by atoms with Crippen LogP contribution in [-0.2, 0) is 0 Å². The van der Waals surface area contributed by atoms with Crippen molar-refractivity contribution in [1.29, 1.82) is 0 Å². The molecule has 0 spiro atoms. The van der Waals surface area contributed by atoms with Crippen LogP contribution in [0.25, 0.3) is 11.3 Å². The standard InChI is InChI=1S/C10H5BrClNO3/c11-9-5(2-1-3-6(9)12)7-4-8(10(14)15)16-13-7/h1-4H,(H,14,15). The van der Waals surface area contributed by atoms with Gasteiger partial charge in [-0.2, -0.15) is 0 Å². The van der Waals surface area contributed by atoms with Crippen molar-refractivity contribution in [3.05, 3.63) is 39.5 Å². The number of nitrogens with zero attached hydrogens (tertiary/aromatic N) is 1. The number of benzene rings is 1. The zero-order valence-corrected chi connectivity index (χ0v) is 10.1. The van der Waals surface area contributed by atoms with Crippen molar-refractivity contribution in [2.75, 3.05) is 0 Å². The summed E-state index contributed by atoms with van der Waals surface area (Å²) in [6.45, 7) is 0. The molecule has 0 saturated carbocycles. The van der Waals surface area contributed by atoms with E-state index < -0.39 is 5.97 Å². The van der Waals surface area contributed by atoms with E-state index in [1.165, 1.54) is 6.07 Å². The summed E-state index contributed by atoms with van der Waals surface area (Å²) >= 11 is 9.21. The van der Waals surface area contributed by atoms with Crippen LogP contribution in [0.5, 0.6) is 0 Å². The Bertz CT molecular complexity index is 553. The summed E-state index contributed by atoms with van der Waals surface area (Å²) in [5.41, 5.74) is 1.11. The normalized spacial score (nSPS) is 10.4. The van der Waals surface area contributed by atoms with E-state index >= 15 is 0 Å². The third-order valence-electron chi connectivity index (χ3n) is 1.95. The lowest BCUT2D eigenvalue weighted by atomic mass is 10.1. The van der Waals surface area contributed by atoms with E-state index in [4.69, 9.17) is 16.7 Å². The molecule has 0 atom stereocenters. The molecule has 0 aliphatic rings. The molecule has 0 unspecified atom stereocenters. The van der Waals surface area contributed by atoms with E-state index in [0.717, 1.165) is 0 Å². The Morgan fingerprint density at radius 2 is 2.25 bits per heavy atom. The van der Waals surface area contributed by atoms with Crippen LogP contribution in [0, 0.1) is 0 Å². The smallest absolute Gasteiger partial charge is 0.374 e. The molecule has 1 aromatic heterocycles. The second-order valence-corrected chi connectivity index (χ2v) is 4.18. The molecule has 1 aromatic carbocycles. The number of carboxylic acids is 1. The number of carbonyl (C=O) groups is 1. The van der Waals surface area contributed by atoms with Crippen molar-refractivity contribution in [2.45, 2.75) is 0 Å². The fraction of sp³-hybridized carbons (Fsp3) is 0. The SMILES string of the molecule is O=C(O)c1cc(-c2cccc(Cl)c2Br)no1. The molecule has 82 valence electrons. The Morgan fingerprint density at radius 1 is 1.50 bits per heavy atom. The minimum Gasteiger partial charge on any atom is -0.475 e. The third kappa shape index (κ3) is 1.96. The number of hydrogen-bond donors (Lipinski definition) is 1. The third-order valence-corrected chi connectivity index (χ3v) is 3.35. The number of hydrogen-bond acceptors (Lipinski definition) is 3. The molecule has 0 radical (unpaired) electrons. The second kappa shape index (κ2) is 4.27. The van der Waals surface area contributed by atoms with E-state index in [0.29, 0.717) is 20.8 Å². The zero-order valence-electron chi connectivity index (χ0n) is 7.78. The molecule has 4 nitrogen and oxygen atoms in total. The lowest BCUT2D eigenvalue weighted by molar-refractivity contribution is 0.0652. The van der Waals surface area contributed by atoms with Crippen molar-refractivity contribution in [3.8, 4) is 11.3 Å². The van der Waals surface area contributed by atoms with E-state index in [2.05, 4.69) is 25.6 Å². The van der Waals surface area contributed by atoms with Gasteiger partial charge in [-0.25, -0.2) is 4.79 Å². The molecule has 0 fully saturated rings. The van der Waals surface area contributed by atoms with E-state index in [1.807, 2.05) is 0 Å². The van der Waals surface area contributed by atoms with Crippen LogP contribution >= 0.6 is 27.5 Å². The maximum atomic E-state index is 10.6. The van der Waals surface area contributed by atoms with E-state index in [9.17, 15) is 4.79 Å². The van der Waals surface area contributed by atoms with Gasteiger partial charge in [-0.05, 0) is 22.0 Å². The van der Waals surface area contributed by atoms with Gasteiger partial charge >= 0.3 is 5.97 Å². The summed E-state index contributed by atoms with van der Waals surface area (Å²) in [6, 6.07) is 6.57. The summed E-state index contributed by atoms with van der Waals surface area (Å²) in [5.74, 6) is -1.36. The van der Waals surface area contributed by atoms with Crippen LogP contribution < -0.4 is 0 Å². The minimum atomic E-state index is -1.16. The van der Waals surface area contributed by atoms with Crippen LogP contribution in [-0.4, -0.2) is 16.2 Å². The van der Waals surface area contributed by atoms with Gasteiger partial charge in [0.25, 0.3) is 0 Å². The van der Waals surface area contributed by atoms with Crippen LogP contribution in [0.2, 0.25) is 5.02 Å². The predicted octanol–water partition coefficient (Wildman–Crippen LogP) is 3.46. The van der Waals surface area contributed by atoms with Gasteiger partial charge in [-0.15, -0.1) is 0 Å². The summed E-state index contributed by atoms with van der Waals surface area (Å²) in [5, 5.41) is 12.9. The van der Waals surface area contributed by atoms with Crippen LogP contribution in [0.4, 0.5) is 0 Å². The first-order valence-corrected chi connectivity index (χ1v) is 5.41. The largest absolute Gasteiger partial charge is 0.475 e. The number of aromatic carboxylic acids is 1. The molecule has 2 aromatic rings. The number of rotatable bonds is 2.